The lowest BCUT2D eigenvalue weighted by molar-refractivity contribution is 0.596. The van der Waals surface area contributed by atoms with E-state index in [1.165, 1.54) is 42.1 Å². The molecule has 132 valence electrons. The van der Waals surface area contributed by atoms with Crippen LogP contribution in [0.15, 0.2) is 72.9 Å². The van der Waals surface area contributed by atoms with Crippen LogP contribution in [0.2, 0.25) is 0 Å². The molecule has 0 atom stereocenters. The zero-order chi connectivity index (χ0) is 18.6. The molecule has 0 radical (unpaired) electrons. The van der Waals surface area contributed by atoms with Crippen molar-refractivity contribution >= 4 is 42.3 Å². The highest BCUT2D eigenvalue weighted by Gasteiger charge is 2.19. The van der Waals surface area contributed by atoms with Gasteiger partial charge in [0.2, 0.25) is 0 Å². The Labute approximate surface area is 163 Å². The molecule has 0 saturated heterocycles. The minimum Gasteiger partial charge on any atom is -0.255 e. The summed E-state index contributed by atoms with van der Waals surface area (Å²) in [6.45, 7) is 6.85. The topological polar surface area (TPSA) is 12.9 Å². The van der Waals surface area contributed by atoms with Crippen LogP contribution in [0, 0.1) is 0 Å². The van der Waals surface area contributed by atoms with Crippen molar-refractivity contribution in [1.82, 2.24) is 4.98 Å². The number of fused-ring (bicyclic) bond motifs is 4. The standard InChI is InChI=1S/C25H21NS/c1-25(2,3)21-15-17(14-16-8-4-5-9-18(16)21)23-24-20(12-13-26-23)19-10-6-7-11-22(19)27-24/h4-15H,1-3H3. The molecule has 2 heterocycles. The maximum absolute atomic E-state index is 4.81. The van der Waals surface area contributed by atoms with E-state index in [1.54, 1.807) is 0 Å². The maximum atomic E-state index is 4.81. The van der Waals surface area contributed by atoms with Gasteiger partial charge in [0.05, 0.1) is 10.4 Å². The molecule has 0 amide bonds. The van der Waals surface area contributed by atoms with Gasteiger partial charge in [-0.15, -0.1) is 11.3 Å². The Morgan fingerprint density at radius 2 is 1.52 bits per heavy atom. The molecule has 0 bridgehead atoms. The van der Waals surface area contributed by atoms with Gasteiger partial charge in [-0.3, -0.25) is 4.98 Å². The highest BCUT2D eigenvalue weighted by atomic mass is 32.1. The average molecular weight is 368 g/mol. The third-order valence-electron chi connectivity index (χ3n) is 5.24. The largest absolute Gasteiger partial charge is 0.255 e. The van der Waals surface area contributed by atoms with Crippen molar-refractivity contribution in [2.24, 2.45) is 0 Å². The second-order valence-electron chi connectivity index (χ2n) is 8.13. The van der Waals surface area contributed by atoms with Gasteiger partial charge >= 0.3 is 0 Å². The summed E-state index contributed by atoms with van der Waals surface area (Å²) in [7, 11) is 0. The summed E-state index contributed by atoms with van der Waals surface area (Å²) in [5, 5.41) is 5.22. The number of rotatable bonds is 1. The van der Waals surface area contributed by atoms with Crippen molar-refractivity contribution in [3.8, 4) is 11.3 Å². The second kappa shape index (κ2) is 5.90. The summed E-state index contributed by atoms with van der Waals surface area (Å²) < 4.78 is 2.59. The molecule has 2 aromatic heterocycles. The molecule has 0 N–H and O–H groups in total. The molecule has 0 fully saturated rings. The van der Waals surface area contributed by atoms with E-state index in [9.17, 15) is 0 Å². The van der Waals surface area contributed by atoms with E-state index < -0.39 is 0 Å². The first-order chi connectivity index (χ1) is 13.0. The minimum atomic E-state index is 0.0731. The summed E-state index contributed by atoms with van der Waals surface area (Å²) >= 11 is 1.84. The zero-order valence-corrected chi connectivity index (χ0v) is 16.6. The first kappa shape index (κ1) is 16.5. The first-order valence-electron chi connectivity index (χ1n) is 9.32. The van der Waals surface area contributed by atoms with Gasteiger partial charge in [-0.2, -0.15) is 0 Å². The molecule has 0 aliphatic heterocycles. The molecular weight excluding hydrogens is 346 g/mol. The number of nitrogens with zero attached hydrogens (tertiary/aromatic N) is 1. The van der Waals surface area contributed by atoms with E-state index in [2.05, 4.69) is 87.5 Å². The smallest absolute Gasteiger partial charge is 0.0880 e. The molecule has 5 aromatic rings. The van der Waals surface area contributed by atoms with E-state index in [1.807, 2.05) is 17.5 Å². The van der Waals surface area contributed by atoms with Gasteiger partial charge in [-0.1, -0.05) is 63.2 Å². The molecule has 0 aliphatic carbocycles. The van der Waals surface area contributed by atoms with Crippen LogP contribution in [0.1, 0.15) is 26.3 Å². The van der Waals surface area contributed by atoms with Gasteiger partial charge in [0, 0.05) is 27.2 Å². The van der Waals surface area contributed by atoms with Crippen LogP contribution in [-0.4, -0.2) is 4.98 Å². The Morgan fingerprint density at radius 1 is 0.778 bits per heavy atom. The van der Waals surface area contributed by atoms with E-state index in [0.717, 1.165) is 5.69 Å². The van der Waals surface area contributed by atoms with Crippen LogP contribution in [0.4, 0.5) is 0 Å². The van der Waals surface area contributed by atoms with Crippen LogP contribution >= 0.6 is 11.3 Å². The highest BCUT2D eigenvalue weighted by molar-refractivity contribution is 7.26. The summed E-state index contributed by atoms with van der Waals surface area (Å²) in [6, 6.07) is 24.1. The zero-order valence-electron chi connectivity index (χ0n) is 15.8. The summed E-state index contributed by atoms with van der Waals surface area (Å²) in [5.74, 6) is 0. The van der Waals surface area contributed by atoms with Crippen molar-refractivity contribution in [2.75, 3.05) is 0 Å². The summed E-state index contributed by atoms with van der Waals surface area (Å²) in [6.07, 6.45) is 1.95. The van der Waals surface area contributed by atoms with Gasteiger partial charge in [-0.05, 0) is 46.0 Å². The van der Waals surface area contributed by atoms with Crippen LogP contribution in [-0.2, 0) is 5.41 Å². The molecule has 0 unspecified atom stereocenters. The molecule has 0 spiro atoms. The van der Waals surface area contributed by atoms with Gasteiger partial charge in [0.25, 0.3) is 0 Å². The van der Waals surface area contributed by atoms with E-state index in [-0.39, 0.29) is 5.41 Å². The molecular formula is C25H21NS. The van der Waals surface area contributed by atoms with Crippen molar-refractivity contribution in [1.29, 1.82) is 0 Å². The monoisotopic (exact) mass is 367 g/mol. The van der Waals surface area contributed by atoms with Crippen molar-refractivity contribution in [2.45, 2.75) is 26.2 Å². The van der Waals surface area contributed by atoms with Crippen molar-refractivity contribution < 1.29 is 0 Å². The number of pyridine rings is 1. The number of benzene rings is 3. The Kier molecular flexibility index (Phi) is 3.60. The fraction of sp³-hybridized carbons (Fsp3) is 0.160. The molecule has 27 heavy (non-hydrogen) atoms. The van der Waals surface area contributed by atoms with E-state index in [0.29, 0.717) is 0 Å². The quantitative estimate of drug-likeness (QED) is 0.298. The Bertz CT molecular complexity index is 1300. The molecule has 3 aromatic carbocycles. The second-order valence-corrected chi connectivity index (χ2v) is 9.18. The van der Waals surface area contributed by atoms with Gasteiger partial charge in [-0.25, -0.2) is 0 Å². The van der Waals surface area contributed by atoms with Crippen LogP contribution in [0.3, 0.4) is 0 Å². The van der Waals surface area contributed by atoms with Gasteiger partial charge < -0.3 is 0 Å². The van der Waals surface area contributed by atoms with E-state index >= 15 is 0 Å². The summed E-state index contributed by atoms with van der Waals surface area (Å²) in [4.78, 5) is 4.81. The number of thiophene rings is 1. The summed E-state index contributed by atoms with van der Waals surface area (Å²) in [5.41, 5.74) is 3.74. The molecule has 2 heteroatoms. The van der Waals surface area contributed by atoms with Gasteiger partial charge in [0.15, 0.2) is 0 Å². The SMILES string of the molecule is CC(C)(C)c1cc(-c2nccc3c2sc2ccccc23)cc2ccccc12. The average Bonchev–Trinajstić information content (AvgIpc) is 3.05. The third-order valence-corrected chi connectivity index (χ3v) is 6.43. The normalized spacial score (nSPS) is 12.3. The third kappa shape index (κ3) is 2.64. The van der Waals surface area contributed by atoms with Gasteiger partial charge in [0.1, 0.15) is 0 Å². The van der Waals surface area contributed by atoms with Crippen LogP contribution in [0.5, 0.6) is 0 Å². The Hall–Kier alpha value is -2.71. The van der Waals surface area contributed by atoms with Crippen molar-refractivity contribution in [3.63, 3.8) is 0 Å². The fourth-order valence-electron chi connectivity index (χ4n) is 3.93. The lowest BCUT2D eigenvalue weighted by atomic mass is 9.82. The van der Waals surface area contributed by atoms with Crippen LogP contribution in [0.25, 0.3) is 42.2 Å². The predicted molar refractivity (Wildman–Crippen MR) is 119 cm³/mol. The lowest BCUT2D eigenvalue weighted by Gasteiger charge is -2.22. The Balaban J connectivity index is 1.86. The molecule has 0 saturated carbocycles. The molecule has 1 nitrogen and oxygen atoms in total. The Morgan fingerprint density at radius 3 is 2.33 bits per heavy atom. The van der Waals surface area contributed by atoms with E-state index in [4.69, 9.17) is 4.98 Å². The first-order valence-corrected chi connectivity index (χ1v) is 10.1. The maximum Gasteiger partial charge on any atom is 0.0880 e. The fourth-order valence-corrected chi connectivity index (χ4v) is 5.13. The minimum absolute atomic E-state index is 0.0731. The lowest BCUT2D eigenvalue weighted by Crippen LogP contribution is -2.12. The van der Waals surface area contributed by atoms with Crippen molar-refractivity contribution in [3.05, 3.63) is 78.5 Å². The highest BCUT2D eigenvalue weighted by Crippen LogP contribution is 2.41. The number of hydrogen-bond donors (Lipinski definition) is 0. The number of hydrogen-bond acceptors (Lipinski definition) is 2. The number of aromatic nitrogens is 1. The van der Waals surface area contributed by atoms with Crippen LogP contribution < -0.4 is 0 Å². The predicted octanol–water partition coefficient (Wildman–Crippen LogP) is 7.57. The molecule has 5 rings (SSSR count). The molecule has 0 aliphatic rings.